The minimum absolute atomic E-state index is 0.135. The molecule has 3 aromatic carbocycles. The topological polar surface area (TPSA) is 6.25 Å². The largest absolute Gasteiger partial charge is 0.659 e. The maximum atomic E-state index is 2.53. The van der Waals surface area contributed by atoms with Crippen LogP contribution in [0.4, 0.5) is 11.4 Å². The van der Waals surface area contributed by atoms with Gasteiger partial charge in [0.15, 0.2) is 0 Å². The van der Waals surface area contributed by atoms with Crippen molar-refractivity contribution in [2.45, 2.75) is 79.1 Å². The number of anilines is 1. The number of nitrogens with zero attached hydrogens (tertiary/aromatic N) is 2. The van der Waals surface area contributed by atoms with Crippen LogP contribution < -0.4 is 10.3 Å². The van der Waals surface area contributed by atoms with Crippen molar-refractivity contribution in [3.05, 3.63) is 89.0 Å². The molecule has 0 radical (unpaired) electrons. The van der Waals surface area contributed by atoms with Gasteiger partial charge in [0, 0.05) is 27.7 Å². The minimum Gasteiger partial charge on any atom is -0.250 e. The highest BCUT2D eigenvalue weighted by Gasteiger charge is 2.53. The molecule has 0 N–H and O–H groups in total. The first kappa shape index (κ1) is 24.3. The first-order chi connectivity index (χ1) is 16.2. The van der Waals surface area contributed by atoms with E-state index >= 15 is 0 Å². The van der Waals surface area contributed by atoms with E-state index in [9.17, 15) is 0 Å². The van der Waals surface area contributed by atoms with Crippen LogP contribution >= 0.6 is 0 Å². The van der Waals surface area contributed by atoms with Gasteiger partial charge in [0.1, 0.15) is 11.4 Å². The molecule has 1 aliphatic heterocycles. The number of para-hydroxylation sites is 2. The van der Waals surface area contributed by atoms with Gasteiger partial charge in [-0.1, -0.05) is 122 Å². The zero-order valence-corrected chi connectivity index (χ0v) is 22.2. The third-order valence-corrected chi connectivity index (χ3v) is 7.07. The molecule has 0 aromatic heterocycles. The minimum atomic E-state index is 0.135. The Labute approximate surface area is 207 Å². The molecule has 0 aliphatic carbocycles. The van der Waals surface area contributed by atoms with Gasteiger partial charge in [-0.2, -0.15) is 0 Å². The molecule has 0 spiro atoms. The maximum absolute atomic E-state index is 2.53. The van der Waals surface area contributed by atoms with Crippen LogP contribution in [-0.2, 0) is 0 Å². The van der Waals surface area contributed by atoms with Gasteiger partial charge in [0.05, 0.1) is 0 Å². The summed E-state index contributed by atoms with van der Waals surface area (Å²) in [6, 6.07) is 24.7. The Kier molecular flexibility index (Phi) is 7.02. The predicted molar refractivity (Wildman–Crippen MR) is 150 cm³/mol. The summed E-state index contributed by atoms with van der Waals surface area (Å²) < 4.78 is 2.53. The lowest BCUT2D eigenvalue weighted by Crippen LogP contribution is -2.65. The molecule has 176 valence electrons. The zero-order chi connectivity index (χ0) is 24.6. The predicted octanol–water partition coefficient (Wildman–Crippen LogP) is 7.77. The average molecular weight is 451 g/mol. The van der Waals surface area contributed by atoms with E-state index in [1.165, 1.54) is 39.1 Å². The summed E-state index contributed by atoms with van der Waals surface area (Å²) >= 11 is 0. The third kappa shape index (κ3) is 4.33. The second kappa shape index (κ2) is 9.82. The molecular weight excluding hydrogens is 411 g/mol. The summed E-state index contributed by atoms with van der Waals surface area (Å²) in [4.78, 5) is 2.53. The van der Waals surface area contributed by atoms with E-state index in [0.29, 0.717) is 23.7 Å². The molecule has 0 saturated heterocycles. The lowest BCUT2D eigenvalue weighted by molar-refractivity contribution is -0.297. The molecule has 0 saturated carbocycles. The van der Waals surface area contributed by atoms with Gasteiger partial charge in [-0.3, -0.25) is 9.30 Å². The maximum Gasteiger partial charge on any atom is 0.659 e. The molecule has 0 fully saturated rings. The molecule has 2 nitrogen and oxygen atoms in total. The Balaban J connectivity index is 1.99. The molecule has 0 amide bonds. The van der Waals surface area contributed by atoms with Crippen molar-refractivity contribution < 1.29 is 4.49 Å². The van der Waals surface area contributed by atoms with Crippen molar-refractivity contribution in [3.63, 3.8) is 0 Å². The monoisotopic (exact) mass is 451 g/mol. The van der Waals surface area contributed by atoms with E-state index in [0.717, 1.165) is 0 Å². The summed E-state index contributed by atoms with van der Waals surface area (Å²) in [6.45, 7) is 18.6. The first-order valence-corrected chi connectivity index (χ1v) is 12.9. The van der Waals surface area contributed by atoms with Crippen LogP contribution in [0.2, 0.25) is 0 Å². The van der Waals surface area contributed by atoms with Gasteiger partial charge in [0.25, 0.3) is 0 Å². The quantitative estimate of drug-likeness (QED) is 0.333. The summed E-state index contributed by atoms with van der Waals surface area (Å²) in [5.74, 6) is 1.84. The van der Waals surface area contributed by atoms with Crippen LogP contribution in [-0.4, -0.2) is 17.8 Å². The molecule has 3 heteroatoms. The first-order valence-electron chi connectivity index (χ1n) is 12.9. The molecular formula is C31H40BN2+. The standard InChI is InChI=1S/C31H40BN2/c1-21(2)26-16-12-17-27(22(3)4)30(26)33-20-34(32(33)25-14-10-9-11-15-25)31-28(23(5)6)18-13-19-29(31)24(7)8/h9-24H,1-8H3/q+1. The van der Waals surface area contributed by atoms with Crippen molar-refractivity contribution in [3.8, 4) is 0 Å². The van der Waals surface area contributed by atoms with Gasteiger partial charge in [-0.25, -0.2) is 0 Å². The molecule has 3 aromatic rings. The summed E-state index contributed by atoms with van der Waals surface area (Å²) in [5.41, 5.74) is 9.77. The molecule has 0 unspecified atom stereocenters. The smallest absolute Gasteiger partial charge is 0.250 e. The Hall–Kier alpha value is -2.81. The van der Waals surface area contributed by atoms with E-state index in [2.05, 4.69) is 138 Å². The van der Waals surface area contributed by atoms with Crippen LogP contribution in [0.25, 0.3) is 0 Å². The summed E-state index contributed by atoms with van der Waals surface area (Å²) in [5, 5.41) is 0. The van der Waals surface area contributed by atoms with Gasteiger partial charge >= 0.3 is 6.98 Å². The fraction of sp³-hybridized carbons (Fsp3) is 0.387. The fourth-order valence-electron chi connectivity index (χ4n) is 5.25. The van der Waals surface area contributed by atoms with Crippen LogP contribution in [0.5, 0.6) is 0 Å². The SMILES string of the molecule is CC(C)c1cccc(C(C)C)c1N1C=[N+](c2c(C(C)C)cccc2C(C)C)B1c1ccccc1. The van der Waals surface area contributed by atoms with Crippen LogP contribution in [0.3, 0.4) is 0 Å². The highest BCUT2D eigenvalue weighted by atomic mass is 15.3. The fourth-order valence-corrected chi connectivity index (χ4v) is 5.25. The number of benzene rings is 3. The number of rotatable bonds is 7. The van der Waals surface area contributed by atoms with E-state index in [1.807, 2.05) is 0 Å². The van der Waals surface area contributed by atoms with E-state index in [-0.39, 0.29) is 6.98 Å². The van der Waals surface area contributed by atoms with Gasteiger partial charge in [-0.05, 0) is 23.7 Å². The van der Waals surface area contributed by atoms with Gasteiger partial charge < -0.3 is 0 Å². The van der Waals surface area contributed by atoms with Crippen molar-refractivity contribution in [2.75, 3.05) is 4.81 Å². The molecule has 0 atom stereocenters. The van der Waals surface area contributed by atoms with Crippen LogP contribution in [0, 0.1) is 0 Å². The third-order valence-electron chi connectivity index (χ3n) is 7.07. The van der Waals surface area contributed by atoms with E-state index in [4.69, 9.17) is 0 Å². The Morgan fingerprint density at radius 3 is 1.44 bits per heavy atom. The van der Waals surface area contributed by atoms with Gasteiger partial charge in [0.2, 0.25) is 6.34 Å². The molecule has 1 aliphatic rings. The second-order valence-corrected chi connectivity index (χ2v) is 10.9. The molecule has 4 rings (SSSR count). The summed E-state index contributed by atoms with van der Waals surface area (Å²) in [6.07, 6.45) is 2.36. The highest BCUT2D eigenvalue weighted by Crippen LogP contribution is 2.41. The van der Waals surface area contributed by atoms with E-state index in [1.54, 1.807) is 0 Å². The Morgan fingerprint density at radius 1 is 0.559 bits per heavy atom. The Bertz CT molecular complexity index is 1120. The average Bonchev–Trinajstić information content (AvgIpc) is 2.78. The van der Waals surface area contributed by atoms with Crippen molar-refractivity contribution in [1.82, 2.24) is 0 Å². The van der Waals surface area contributed by atoms with E-state index < -0.39 is 0 Å². The van der Waals surface area contributed by atoms with Crippen molar-refractivity contribution in [1.29, 1.82) is 0 Å². The molecule has 0 bridgehead atoms. The Morgan fingerprint density at radius 2 is 1.00 bits per heavy atom. The number of hydrogen-bond donors (Lipinski definition) is 0. The zero-order valence-electron chi connectivity index (χ0n) is 22.2. The molecule has 34 heavy (non-hydrogen) atoms. The van der Waals surface area contributed by atoms with Crippen molar-refractivity contribution >= 4 is 30.2 Å². The van der Waals surface area contributed by atoms with Crippen molar-refractivity contribution in [2.24, 2.45) is 0 Å². The lowest BCUT2D eigenvalue weighted by atomic mass is 9.60. The van der Waals surface area contributed by atoms with Gasteiger partial charge in [-0.15, -0.1) is 0 Å². The summed E-state index contributed by atoms with van der Waals surface area (Å²) in [7, 11) is 0. The normalized spacial score (nSPS) is 13.8. The highest BCUT2D eigenvalue weighted by molar-refractivity contribution is 6.76. The lowest BCUT2D eigenvalue weighted by Gasteiger charge is -2.35. The molecule has 1 heterocycles. The van der Waals surface area contributed by atoms with Crippen LogP contribution in [0.15, 0.2) is 66.7 Å². The van der Waals surface area contributed by atoms with Crippen LogP contribution in [0.1, 0.15) is 101 Å². The second-order valence-electron chi connectivity index (χ2n) is 10.9. The number of hydrogen-bond acceptors (Lipinski definition) is 1.